The molecule has 6 nitrogen and oxygen atoms in total. The van der Waals surface area contributed by atoms with Crippen LogP contribution in [0.5, 0.6) is 0 Å². The molecule has 2 N–H and O–H groups in total. The number of halogens is 1. The van der Waals surface area contributed by atoms with Crippen molar-refractivity contribution in [3.8, 4) is 0 Å². The fraction of sp³-hybridized carbons (Fsp3) is 0. The third-order valence-electron chi connectivity index (χ3n) is 2.59. The number of anilines is 1. The van der Waals surface area contributed by atoms with Crippen molar-refractivity contribution < 1.29 is 4.79 Å². The van der Waals surface area contributed by atoms with Gasteiger partial charge >= 0.3 is 0 Å². The summed E-state index contributed by atoms with van der Waals surface area (Å²) < 4.78 is 1.05. The molecule has 0 bridgehead atoms. The molecule has 2 aromatic heterocycles. The van der Waals surface area contributed by atoms with E-state index in [1.165, 1.54) is 6.33 Å². The number of nitrogens with zero attached hydrogens (tertiary/aromatic N) is 4. The maximum Gasteiger partial charge on any atom is 0.298 e. The van der Waals surface area contributed by atoms with Crippen LogP contribution >= 0.6 is 11.6 Å². The number of carbonyl (C=O) groups excluding carboxylic acids is 1. The summed E-state index contributed by atoms with van der Waals surface area (Å²) in [5.74, 6) is -0.358. The topological polar surface area (TPSA) is 86.7 Å². The number of aromatic nitrogens is 4. The summed E-state index contributed by atoms with van der Waals surface area (Å²) in [6.45, 7) is 0. The van der Waals surface area contributed by atoms with E-state index in [-0.39, 0.29) is 11.6 Å². The molecule has 0 atom stereocenters. The number of nitrogens with two attached hydrogens (primary N) is 1. The first kappa shape index (κ1) is 11.6. The van der Waals surface area contributed by atoms with Crippen LogP contribution in [0.4, 0.5) is 5.95 Å². The summed E-state index contributed by atoms with van der Waals surface area (Å²) in [4.78, 5) is 20.1. The second-order valence-electron chi connectivity index (χ2n) is 3.89. The Morgan fingerprint density at radius 1 is 1.26 bits per heavy atom. The predicted molar refractivity (Wildman–Crippen MR) is 70.9 cm³/mol. The predicted octanol–water partition coefficient (Wildman–Crippen LogP) is 1.75. The van der Waals surface area contributed by atoms with Crippen LogP contribution in [0.3, 0.4) is 0 Å². The van der Waals surface area contributed by atoms with Crippen molar-refractivity contribution >= 4 is 34.4 Å². The van der Waals surface area contributed by atoms with Crippen LogP contribution in [-0.4, -0.2) is 25.7 Å². The first-order valence-electron chi connectivity index (χ1n) is 5.41. The van der Waals surface area contributed by atoms with E-state index in [9.17, 15) is 4.79 Å². The second kappa shape index (κ2) is 4.33. The van der Waals surface area contributed by atoms with E-state index in [0.717, 1.165) is 10.1 Å². The van der Waals surface area contributed by atoms with E-state index in [1.807, 2.05) is 6.07 Å². The molecule has 0 aliphatic carbocycles. The SMILES string of the molecule is Nc1ncn(C(=O)c2ccc3ccc(Cl)cc3n2)n1. The lowest BCUT2D eigenvalue weighted by atomic mass is 10.2. The van der Waals surface area contributed by atoms with Crippen molar-refractivity contribution in [1.29, 1.82) is 0 Å². The molecule has 19 heavy (non-hydrogen) atoms. The largest absolute Gasteiger partial charge is 0.366 e. The summed E-state index contributed by atoms with van der Waals surface area (Å²) in [5.41, 5.74) is 6.27. The van der Waals surface area contributed by atoms with Gasteiger partial charge in [0.2, 0.25) is 5.95 Å². The van der Waals surface area contributed by atoms with Crippen LogP contribution in [0.25, 0.3) is 10.9 Å². The molecule has 0 saturated heterocycles. The van der Waals surface area contributed by atoms with Gasteiger partial charge in [-0.25, -0.2) is 9.97 Å². The molecule has 1 aromatic carbocycles. The Hall–Kier alpha value is -2.47. The highest BCUT2D eigenvalue weighted by Gasteiger charge is 2.12. The Labute approximate surface area is 112 Å². The molecule has 0 aliphatic heterocycles. The van der Waals surface area contributed by atoms with E-state index in [1.54, 1.807) is 24.3 Å². The number of fused-ring (bicyclic) bond motifs is 1. The molecule has 0 unspecified atom stereocenters. The van der Waals surface area contributed by atoms with E-state index in [0.29, 0.717) is 10.5 Å². The molecule has 0 saturated carbocycles. The first-order chi connectivity index (χ1) is 9.13. The van der Waals surface area contributed by atoms with Crippen LogP contribution in [-0.2, 0) is 0 Å². The molecule has 0 aliphatic rings. The zero-order valence-corrected chi connectivity index (χ0v) is 10.4. The summed E-state index contributed by atoms with van der Waals surface area (Å²) in [6, 6.07) is 8.73. The first-order valence-corrected chi connectivity index (χ1v) is 5.79. The van der Waals surface area contributed by atoms with Gasteiger partial charge in [0, 0.05) is 10.4 Å². The second-order valence-corrected chi connectivity index (χ2v) is 4.32. The normalized spacial score (nSPS) is 10.8. The van der Waals surface area contributed by atoms with Crippen molar-refractivity contribution in [1.82, 2.24) is 19.7 Å². The summed E-state index contributed by atoms with van der Waals surface area (Å²) in [5, 5.41) is 5.22. The highest BCUT2D eigenvalue weighted by Crippen LogP contribution is 2.18. The smallest absolute Gasteiger partial charge is 0.298 e. The Kier molecular flexibility index (Phi) is 2.64. The van der Waals surface area contributed by atoms with Gasteiger partial charge in [0.25, 0.3) is 5.91 Å². The van der Waals surface area contributed by atoms with Crippen molar-refractivity contribution in [2.75, 3.05) is 5.73 Å². The third kappa shape index (κ3) is 2.13. The number of rotatable bonds is 1. The van der Waals surface area contributed by atoms with E-state index >= 15 is 0 Å². The lowest BCUT2D eigenvalue weighted by Crippen LogP contribution is -2.14. The van der Waals surface area contributed by atoms with Crippen molar-refractivity contribution in [3.63, 3.8) is 0 Å². The molecule has 3 rings (SSSR count). The summed E-state index contributed by atoms with van der Waals surface area (Å²) in [6.07, 6.45) is 1.25. The molecule has 0 radical (unpaired) electrons. The molecule has 0 spiro atoms. The Morgan fingerprint density at radius 2 is 2.05 bits per heavy atom. The van der Waals surface area contributed by atoms with Gasteiger partial charge in [-0.15, -0.1) is 5.10 Å². The van der Waals surface area contributed by atoms with E-state index in [4.69, 9.17) is 17.3 Å². The molecule has 94 valence electrons. The zero-order chi connectivity index (χ0) is 13.4. The number of hydrogen-bond donors (Lipinski definition) is 1. The van der Waals surface area contributed by atoms with Gasteiger partial charge in [0.05, 0.1) is 5.52 Å². The molecule has 7 heteroatoms. The fourth-order valence-electron chi connectivity index (χ4n) is 1.70. The van der Waals surface area contributed by atoms with Crippen molar-refractivity contribution in [2.24, 2.45) is 0 Å². The lowest BCUT2D eigenvalue weighted by molar-refractivity contribution is 0.0940. The molecular formula is C12H8ClN5O. The maximum absolute atomic E-state index is 12.1. The molecule has 2 heterocycles. The van der Waals surface area contributed by atoms with Crippen molar-refractivity contribution in [2.45, 2.75) is 0 Å². The number of nitrogen functional groups attached to an aromatic ring is 1. The third-order valence-corrected chi connectivity index (χ3v) is 2.83. The zero-order valence-electron chi connectivity index (χ0n) is 9.62. The highest BCUT2D eigenvalue weighted by molar-refractivity contribution is 6.31. The Balaban J connectivity index is 2.07. The van der Waals surface area contributed by atoms with Gasteiger partial charge in [-0.2, -0.15) is 4.68 Å². The molecular weight excluding hydrogens is 266 g/mol. The fourth-order valence-corrected chi connectivity index (χ4v) is 1.87. The average molecular weight is 274 g/mol. The van der Waals surface area contributed by atoms with Gasteiger partial charge in [-0.05, 0) is 18.2 Å². The van der Waals surface area contributed by atoms with Gasteiger partial charge in [-0.3, -0.25) is 4.79 Å². The summed E-state index contributed by atoms with van der Waals surface area (Å²) in [7, 11) is 0. The number of pyridine rings is 1. The molecule has 0 amide bonds. The standard InChI is InChI=1S/C12H8ClN5O/c13-8-3-1-7-2-4-9(16-10(7)5-8)11(19)18-6-15-12(14)17-18/h1-6H,(H2,14,17). The lowest BCUT2D eigenvalue weighted by Gasteiger charge is -2.02. The molecule has 0 fully saturated rings. The van der Waals surface area contributed by atoms with Gasteiger partial charge in [0.1, 0.15) is 12.0 Å². The van der Waals surface area contributed by atoms with Gasteiger partial charge < -0.3 is 5.73 Å². The average Bonchev–Trinajstić information content (AvgIpc) is 2.83. The minimum Gasteiger partial charge on any atom is -0.366 e. The van der Waals surface area contributed by atoms with E-state index in [2.05, 4.69) is 15.1 Å². The van der Waals surface area contributed by atoms with Crippen LogP contribution in [0.15, 0.2) is 36.7 Å². The number of hydrogen-bond acceptors (Lipinski definition) is 5. The quantitative estimate of drug-likeness (QED) is 0.730. The summed E-state index contributed by atoms with van der Waals surface area (Å²) >= 11 is 5.90. The van der Waals surface area contributed by atoms with Crippen LogP contribution in [0.1, 0.15) is 10.5 Å². The molecule has 3 aromatic rings. The van der Waals surface area contributed by atoms with Crippen molar-refractivity contribution in [3.05, 3.63) is 47.4 Å². The van der Waals surface area contributed by atoms with Crippen LogP contribution in [0, 0.1) is 0 Å². The van der Waals surface area contributed by atoms with Gasteiger partial charge in [0.15, 0.2) is 0 Å². The highest BCUT2D eigenvalue weighted by atomic mass is 35.5. The Morgan fingerprint density at radius 3 is 2.79 bits per heavy atom. The minimum absolute atomic E-state index is 0.0391. The van der Waals surface area contributed by atoms with Crippen LogP contribution < -0.4 is 5.73 Å². The maximum atomic E-state index is 12.1. The number of carbonyl (C=O) groups is 1. The number of benzene rings is 1. The van der Waals surface area contributed by atoms with Crippen LogP contribution in [0.2, 0.25) is 5.02 Å². The minimum atomic E-state index is -0.397. The monoisotopic (exact) mass is 273 g/mol. The van der Waals surface area contributed by atoms with E-state index < -0.39 is 5.91 Å². The Bertz CT molecular complexity index is 783. The van der Waals surface area contributed by atoms with Gasteiger partial charge in [-0.1, -0.05) is 23.7 Å².